The van der Waals surface area contributed by atoms with Crippen LogP contribution in [0.1, 0.15) is 30.0 Å². The van der Waals surface area contributed by atoms with Crippen LogP contribution in [-0.2, 0) is 17.7 Å². The molecule has 1 atom stereocenters. The molecule has 1 aromatic heterocycles. The van der Waals surface area contributed by atoms with Gasteiger partial charge in [0.2, 0.25) is 0 Å². The van der Waals surface area contributed by atoms with Gasteiger partial charge in [-0.15, -0.1) is 11.3 Å². The number of rotatable bonds is 6. The highest BCUT2D eigenvalue weighted by Crippen LogP contribution is 2.22. The van der Waals surface area contributed by atoms with Crippen molar-refractivity contribution in [2.24, 2.45) is 11.8 Å². The van der Waals surface area contributed by atoms with Crippen molar-refractivity contribution in [3.05, 3.63) is 21.9 Å². The fourth-order valence-corrected chi connectivity index (χ4v) is 3.83. The quantitative estimate of drug-likeness (QED) is 0.783. The predicted octanol–water partition coefficient (Wildman–Crippen LogP) is 3.41. The zero-order chi connectivity index (χ0) is 13.0. The predicted molar refractivity (Wildman–Crippen MR) is 78.1 cm³/mol. The molecule has 2 nitrogen and oxygen atoms in total. The van der Waals surface area contributed by atoms with E-state index >= 15 is 0 Å². The van der Waals surface area contributed by atoms with E-state index in [-0.39, 0.29) is 0 Å². The van der Waals surface area contributed by atoms with Crippen molar-refractivity contribution in [2.75, 3.05) is 26.8 Å². The molecule has 2 rings (SSSR count). The largest absolute Gasteiger partial charge is 0.381 e. The molecule has 0 aromatic carbocycles. The molecule has 1 aliphatic heterocycles. The minimum Gasteiger partial charge on any atom is -0.381 e. The molecule has 1 aromatic rings. The minimum atomic E-state index is 0.741. The maximum absolute atomic E-state index is 5.43. The summed E-state index contributed by atoms with van der Waals surface area (Å²) in [5.41, 5.74) is 0. The highest BCUT2D eigenvalue weighted by molar-refractivity contribution is 7.11. The van der Waals surface area contributed by atoms with Crippen LogP contribution in [0.2, 0.25) is 0 Å². The van der Waals surface area contributed by atoms with E-state index in [1.54, 1.807) is 0 Å². The highest BCUT2D eigenvalue weighted by Gasteiger charge is 2.17. The Morgan fingerprint density at radius 3 is 2.83 bits per heavy atom. The van der Waals surface area contributed by atoms with Gasteiger partial charge in [0.25, 0.3) is 0 Å². The molecule has 0 unspecified atom stereocenters. The van der Waals surface area contributed by atoms with Gasteiger partial charge in [-0.2, -0.15) is 0 Å². The molecule has 0 amide bonds. The fourth-order valence-electron chi connectivity index (χ4n) is 2.52. The van der Waals surface area contributed by atoms with E-state index < -0.39 is 0 Å². The molecule has 0 aliphatic carbocycles. The van der Waals surface area contributed by atoms with Gasteiger partial charge in [-0.05, 0) is 43.9 Å². The number of ether oxygens (including phenoxy) is 1. The van der Waals surface area contributed by atoms with E-state index in [4.69, 9.17) is 4.74 Å². The molecule has 0 saturated carbocycles. The summed E-state index contributed by atoms with van der Waals surface area (Å²) in [6.45, 7) is 8.72. The van der Waals surface area contributed by atoms with Crippen LogP contribution in [-0.4, -0.2) is 31.7 Å². The van der Waals surface area contributed by atoms with Crippen LogP contribution in [0.5, 0.6) is 0 Å². The van der Waals surface area contributed by atoms with E-state index in [1.807, 2.05) is 11.3 Å². The molecule has 1 saturated heterocycles. The van der Waals surface area contributed by atoms with Gasteiger partial charge in [-0.25, -0.2) is 0 Å². The summed E-state index contributed by atoms with van der Waals surface area (Å²) in [7, 11) is 2.22. The van der Waals surface area contributed by atoms with E-state index in [2.05, 4.69) is 37.9 Å². The van der Waals surface area contributed by atoms with Crippen molar-refractivity contribution in [1.29, 1.82) is 0 Å². The van der Waals surface area contributed by atoms with Crippen molar-refractivity contribution < 1.29 is 4.74 Å². The van der Waals surface area contributed by atoms with Gasteiger partial charge in [-0.3, -0.25) is 0 Å². The molecular weight excluding hydrogens is 242 g/mol. The molecule has 0 bridgehead atoms. The average molecular weight is 267 g/mol. The summed E-state index contributed by atoms with van der Waals surface area (Å²) in [5, 5.41) is 0. The smallest absolute Gasteiger partial charge is 0.0507 e. The molecular formula is C15H25NOS. The monoisotopic (exact) mass is 267 g/mol. The summed E-state index contributed by atoms with van der Waals surface area (Å²) >= 11 is 1.97. The molecule has 1 aliphatic rings. The van der Waals surface area contributed by atoms with Crippen LogP contribution < -0.4 is 0 Å². The third kappa shape index (κ3) is 4.38. The lowest BCUT2D eigenvalue weighted by atomic mass is 10.1. The van der Waals surface area contributed by atoms with Gasteiger partial charge in [0.1, 0.15) is 0 Å². The lowest BCUT2D eigenvalue weighted by molar-refractivity contribution is 0.173. The lowest BCUT2D eigenvalue weighted by Crippen LogP contribution is -2.25. The molecule has 102 valence electrons. The summed E-state index contributed by atoms with van der Waals surface area (Å²) < 4.78 is 5.43. The first kappa shape index (κ1) is 14.0. The maximum atomic E-state index is 5.43. The first-order valence-corrected chi connectivity index (χ1v) is 7.79. The summed E-state index contributed by atoms with van der Waals surface area (Å²) in [5.74, 6) is 1.50. The van der Waals surface area contributed by atoms with E-state index in [9.17, 15) is 0 Å². The van der Waals surface area contributed by atoms with Gasteiger partial charge in [0.05, 0.1) is 6.61 Å². The van der Waals surface area contributed by atoms with Crippen LogP contribution >= 0.6 is 11.3 Å². The second-order valence-electron chi connectivity index (χ2n) is 5.89. The summed E-state index contributed by atoms with van der Waals surface area (Å²) in [4.78, 5) is 5.45. The number of hydrogen-bond donors (Lipinski definition) is 0. The standard InChI is InChI=1S/C15H25NOS/c1-12(2)8-14-4-5-15(18-14)10-16(3)9-13-6-7-17-11-13/h4-5,12-13H,6-11H2,1-3H3/t13-/m1/s1. The van der Waals surface area contributed by atoms with Crippen LogP contribution in [0.25, 0.3) is 0 Å². The molecule has 18 heavy (non-hydrogen) atoms. The van der Waals surface area contributed by atoms with Gasteiger partial charge >= 0.3 is 0 Å². The topological polar surface area (TPSA) is 12.5 Å². The molecule has 0 spiro atoms. The van der Waals surface area contributed by atoms with Crippen LogP contribution in [0, 0.1) is 11.8 Å². The fraction of sp³-hybridized carbons (Fsp3) is 0.733. The third-order valence-corrected chi connectivity index (χ3v) is 4.44. The minimum absolute atomic E-state index is 0.741. The SMILES string of the molecule is CC(C)Cc1ccc(CN(C)C[C@H]2CCOC2)s1. The Labute approximate surface area is 115 Å². The first-order chi connectivity index (χ1) is 8.63. The molecule has 0 radical (unpaired) electrons. The van der Waals surface area contributed by atoms with E-state index in [0.29, 0.717) is 0 Å². The van der Waals surface area contributed by atoms with Crippen LogP contribution in [0.4, 0.5) is 0 Å². The lowest BCUT2D eigenvalue weighted by Gasteiger charge is -2.19. The van der Waals surface area contributed by atoms with E-state index in [1.165, 1.54) is 22.6 Å². The Balaban J connectivity index is 1.79. The van der Waals surface area contributed by atoms with Gasteiger partial charge in [0.15, 0.2) is 0 Å². The zero-order valence-electron chi connectivity index (χ0n) is 11.8. The van der Waals surface area contributed by atoms with Crippen molar-refractivity contribution in [2.45, 2.75) is 33.2 Å². The Hall–Kier alpha value is -0.380. The average Bonchev–Trinajstić information content (AvgIpc) is 2.89. The van der Waals surface area contributed by atoms with Crippen molar-refractivity contribution >= 4 is 11.3 Å². The van der Waals surface area contributed by atoms with Crippen LogP contribution in [0.3, 0.4) is 0 Å². The number of thiophene rings is 1. The van der Waals surface area contributed by atoms with Gasteiger partial charge < -0.3 is 9.64 Å². The second kappa shape index (κ2) is 6.69. The Kier molecular flexibility index (Phi) is 5.22. The van der Waals surface area contributed by atoms with Crippen molar-refractivity contribution in [3.63, 3.8) is 0 Å². The van der Waals surface area contributed by atoms with Crippen molar-refractivity contribution in [1.82, 2.24) is 4.90 Å². The number of hydrogen-bond acceptors (Lipinski definition) is 3. The summed E-state index contributed by atoms with van der Waals surface area (Å²) in [6, 6.07) is 4.59. The Morgan fingerprint density at radius 1 is 1.39 bits per heavy atom. The third-order valence-electron chi connectivity index (χ3n) is 3.35. The molecule has 1 fully saturated rings. The summed E-state index contributed by atoms with van der Waals surface area (Å²) in [6.07, 6.45) is 2.44. The Bertz CT molecular complexity index is 355. The molecule has 3 heteroatoms. The van der Waals surface area contributed by atoms with Gasteiger partial charge in [0, 0.05) is 29.5 Å². The van der Waals surface area contributed by atoms with Crippen LogP contribution in [0.15, 0.2) is 12.1 Å². The zero-order valence-corrected chi connectivity index (χ0v) is 12.6. The maximum Gasteiger partial charge on any atom is 0.0507 e. The normalized spacial score (nSPS) is 20.2. The number of nitrogens with zero attached hydrogens (tertiary/aromatic N) is 1. The van der Waals surface area contributed by atoms with Crippen molar-refractivity contribution in [3.8, 4) is 0 Å². The Morgan fingerprint density at radius 2 is 2.17 bits per heavy atom. The first-order valence-electron chi connectivity index (χ1n) is 6.97. The second-order valence-corrected chi connectivity index (χ2v) is 7.15. The molecule has 2 heterocycles. The van der Waals surface area contributed by atoms with E-state index in [0.717, 1.165) is 38.1 Å². The molecule has 0 N–H and O–H groups in total. The highest BCUT2D eigenvalue weighted by atomic mass is 32.1. The van der Waals surface area contributed by atoms with Gasteiger partial charge in [-0.1, -0.05) is 13.8 Å².